The second-order valence-electron chi connectivity index (χ2n) is 2.83. The van der Waals surface area contributed by atoms with Crippen LogP contribution in [-0.4, -0.2) is 13.4 Å². The van der Waals surface area contributed by atoms with Crippen LogP contribution in [0, 0.1) is 0 Å². The molecule has 2 nitrogen and oxygen atoms in total. The third-order valence-electron chi connectivity index (χ3n) is 2.02. The van der Waals surface area contributed by atoms with Gasteiger partial charge in [0.25, 0.3) is 0 Å². The highest BCUT2D eigenvalue weighted by molar-refractivity contribution is 7.80. The van der Waals surface area contributed by atoms with Crippen molar-refractivity contribution in [3.8, 4) is 5.75 Å². The molecule has 14 heavy (non-hydrogen) atoms. The molecule has 0 aliphatic carbocycles. The minimum absolute atomic E-state index is 0.694. The van der Waals surface area contributed by atoms with Gasteiger partial charge in [0, 0.05) is 25.9 Å². The first kappa shape index (κ1) is 9.55. The number of benzene rings is 1. The fourth-order valence-electron chi connectivity index (χ4n) is 1.32. The summed E-state index contributed by atoms with van der Waals surface area (Å²) in [7, 11) is 1.60. The van der Waals surface area contributed by atoms with E-state index >= 15 is 0 Å². The van der Waals surface area contributed by atoms with Crippen molar-refractivity contribution in [2.45, 2.75) is 4.90 Å². The number of hydrogen-bond donors (Lipinski definition) is 1. The van der Waals surface area contributed by atoms with E-state index in [1.807, 2.05) is 17.5 Å². The minimum atomic E-state index is 0.694. The van der Waals surface area contributed by atoms with Crippen molar-refractivity contribution in [3.63, 3.8) is 0 Å². The van der Waals surface area contributed by atoms with E-state index in [0.717, 1.165) is 27.0 Å². The number of ether oxygens (including phenoxy) is 1. The summed E-state index contributed by atoms with van der Waals surface area (Å²) in [5.74, 6) is 0.726. The van der Waals surface area contributed by atoms with Gasteiger partial charge in [0.2, 0.25) is 0 Å². The van der Waals surface area contributed by atoms with Crippen LogP contribution in [0.25, 0.3) is 10.1 Å². The molecule has 1 aromatic carbocycles. The number of thiol groups is 1. The Hall–Kier alpha value is -1.00. The third-order valence-corrected chi connectivity index (χ3v) is 3.57. The second kappa shape index (κ2) is 3.63. The van der Waals surface area contributed by atoms with E-state index in [-0.39, 0.29) is 0 Å². The standard InChI is InChI=1S/C10H8O2S2/c1-12-7-2-8-6(4-11)5-14-10(8)9(13)3-7/h2-5,13H,1H3. The Morgan fingerprint density at radius 1 is 1.50 bits per heavy atom. The van der Waals surface area contributed by atoms with Crippen molar-refractivity contribution in [1.29, 1.82) is 0 Å². The van der Waals surface area contributed by atoms with Gasteiger partial charge >= 0.3 is 0 Å². The SMILES string of the molecule is COc1cc(S)c2scc(C=O)c2c1. The zero-order valence-corrected chi connectivity index (χ0v) is 9.19. The van der Waals surface area contributed by atoms with Gasteiger partial charge in [0.15, 0.2) is 6.29 Å². The Bertz CT molecular complexity index is 488. The lowest BCUT2D eigenvalue weighted by Gasteiger charge is -2.01. The van der Waals surface area contributed by atoms with Crippen LogP contribution in [0.1, 0.15) is 10.4 Å². The number of fused-ring (bicyclic) bond motifs is 1. The number of hydrogen-bond acceptors (Lipinski definition) is 4. The first-order valence-electron chi connectivity index (χ1n) is 3.99. The Labute approximate surface area is 90.9 Å². The zero-order chi connectivity index (χ0) is 10.1. The summed E-state index contributed by atoms with van der Waals surface area (Å²) >= 11 is 5.86. The van der Waals surface area contributed by atoms with Gasteiger partial charge in [-0.25, -0.2) is 0 Å². The van der Waals surface area contributed by atoms with Gasteiger partial charge in [0.05, 0.1) is 7.11 Å². The summed E-state index contributed by atoms with van der Waals surface area (Å²) in [6.07, 6.45) is 0.853. The van der Waals surface area contributed by atoms with Crippen molar-refractivity contribution in [3.05, 3.63) is 23.1 Å². The highest BCUT2D eigenvalue weighted by Gasteiger charge is 2.07. The molecule has 4 heteroatoms. The number of carbonyl (C=O) groups is 1. The van der Waals surface area contributed by atoms with Gasteiger partial charge in [-0.05, 0) is 12.1 Å². The summed E-state index contributed by atoms with van der Waals surface area (Å²) in [5, 5.41) is 2.74. The minimum Gasteiger partial charge on any atom is -0.497 e. The van der Waals surface area contributed by atoms with Crippen molar-refractivity contribution in [2.75, 3.05) is 7.11 Å². The quantitative estimate of drug-likeness (QED) is 0.627. The van der Waals surface area contributed by atoms with Crippen LogP contribution in [0.15, 0.2) is 22.4 Å². The van der Waals surface area contributed by atoms with Crippen LogP contribution in [-0.2, 0) is 0 Å². The van der Waals surface area contributed by atoms with Crippen molar-refractivity contribution in [1.82, 2.24) is 0 Å². The Kier molecular flexibility index (Phi) is 2.48. The van der Waals surface area contributed by atoms with Crippen LogP contribution in [0.5, 0.6) is 5.75 Å². The normalized spacial score (nSPS) is 10.4. The molecule has 0 fully saturated rings. The molecule has 0 spiro atoms. The van der Waals surface area contributed by atoms with E-state index in [4.69, 9.17) is 4.74 Å². The molecule has 0 aliphatic heterocycles. The molecular weight excluding hydrogens is 216 g/mol. The molecule has 1 heterocycles. The zero-order valence-electron chi connectivity index (χ0n) is 7.48. The summed E-state index contributed by atoms with van der Waals surface area (Å²) in [6, 6.07) is 3.70. The van der Waals surface area contributed by atoms with Crippen LogP contribution in [0.2, 0.25) is 0 Å². The highest BCUT2D eigenvalue weighted by atomic mass is 32.1. The van der Waals surface area contributed by atoms with E-state index < -0.39 is 0 Å². The molecular formula is C10H8O2S2. The topological polar surface area (TPSA) is 26.3 Å². The summed E-state index contributed by atoms with van der Waals surface area (Å²) in [6.45, 7) is 0. The average Bonchev–Trinajstić information content (AvgIpc) is 2.61. The predicted molar refractivity (Wildman–Crippen MR) is 61.0 cm³/mol. The van der Waals surface area contributed by atoms with Gasteiger partial charge < -0.3 is 4.74 Å². The lowest BCUT2D eigenvalue weighted by atomic mass is 10.2. The van der Waals surface area contributed by atoms with Gasteiger partial charge in [-0.15, -0.1) is 24.0 Å². The largest absolute Gasteiger partial charge is 0.497 e. The maximum atomic E-state index is 10.7. The first-order chi connectivity index (χ1) is 6.76. The van der Waals surface area contributed by atoms with Gasteiger partial charge in [-0.2, -0.15) is 0 Å². The molecule has 2 rings (SSSR count). The number of rotatable bonds is 2. The average molecular weight is 224 g/mol. The molecule has 0 N–H and O–H groups in total. The Balaban J connectivity index is 2.79. The van der Waals surface area contributed by atoms with Crippen molar-refractivity contribution >= 4 is 40.3 Å². The van der Waals surface area contributed by atoms with E-state index in [1.54, 1.807) is 7.11 Å². The fraction of sp³-hybridized carbons (Fsp3) is 0.100. The Morgan fingerprint density at radius 2 is 2.29 bits per heavy atom. The van der Waals surface area contributed by atoms with Crippen molar-refractivity contribution < 1.29 is 9.53 Å². The summed E-state index contributed by atoms with van der Waals surface area (Å²) in [4.78, 5) is 11.6. The van der Waals surface area contributed by atoms with Crippen LogP contribution in [0.3, 0.4) is 0 Å². The molecule has 0 radical (unpaired) electrons. The monoisotopic (exact) mass is 224 g/mol. The predicted octanol–water partition coefficient (Wildman–Crippen LogP) is 3.01. The summed E-state index contributed by atoms with van der Waals surface area (Å²) in [5.41, 5.74) is 0.694. The number of carbonyl (C=O) groups excluding carboxylic acids is 1. The molecule has 0 aliphatic rings. The molecule has 0 unspecified atom stereocenters. The second-order valence-corrected chi connectivity index (χ2v) is 4.19. The van der Waals surface area contributed by atoms with Crippen LogP contribution < -0.4 is 4.74 Å². The maximum absolute atomic E-state index is 10.7. The van der Waals surface area contributed by atoms with Crippen LogP contribution in [0.4, 0.5) is 0 Å². The van der Waals surface area contributed by atoms with E-state index in [2.05, 4.69) is 12.6 Å². The molecule has 72 valence electrons. The van der Waals surface area contributed by atoms with E-state index in [9.17, 15) is 4.79 Å². The molecule has 0 atom stereocenters. The van der Waals surface area contributed by atoms with Gasteiger partial charge in [0.1, 0.15) is 5.75 Å². The third kappa shape index (κ3) is 1.40. The molecule has 0 bridgehead atoms. The van der Waals surface area contributed by atoms with E-state index in [1.165, 1.54) is 11.3 Å². The lowest BCUT2D eigenvalue weighted by molar-refractivity contribution is 0.112. The first-order valence-corrected chi connectivity index (χ1v) is 5.32. The molecule has 0 amide bonds. The van der Waals surface area contributed by atoms with Crippen molar-refractivity contribution in [2.24, 2.45) is 0 Å². The fourth-order valence-corrected chi connectivity index (χ4v) is 2.64. The number of aldehydes is 1. The smallest absolute Gasteiger partial charge is 0.151 e. The summed E-state index contributed by atoms with van der Waals surface area (Å²) < 4.78 is 6.14. The van der Waals surface area contributed by atoms with Gasteiger partial charge in [-0.3, -0.25) is 4.79 Å². The molecule has 2 aromatic rings. The highest BCUT2D eigenvalue weighted by Crippen LogP contribution is 2.34. The lowest BCUT2D eigenvalue weighted by Crippen LogP contribution is -1.83. The van der Waals surface area contributed by atoms with Crippen LogP contribution >= 0.6 is 24.0 Å². The molecule has 0 saturated heterocycles. The van der Waals surface area contributed by atoms with E-state index in [0.29, 0.717) is 5.56 Å². The number of methoxy groups -OCH3 is 1. The van der Waals surface area contributed by atoms with Gasteiger partial charge in [-0.1, -0.05) is 0 Å². The molecule has 0 saturated carbocycles. The number of thiophene rings is 1. The Morgan fingerprint density at radius 3 is 2.93 bits per heavy atom. The molecule has 1 aromatic heterocycles. The maximum Gasteiger partial charge on any atom is 0.151 e.